The van der Waals surface area contributed by atoms with Crippen LogP contribution in [-0.2, 0) is 11.2 Å². The maximum Gasteiger partial charge on any atom is 0.412 e. The molecule has 1 atom stereocenters. The third-order valence-corrected chi connectivity index (χ3v) is 4.94. The van der Waals surface area contributed by atoms with Gasteiger partial charge in [0.25, 0.3) is 0 Å². The molecular formula is C25H34N5O2+. The number of ether oxygens (including phenoxy) is 1. The van der Waals surface area contributed by atoms with Crippen LogP contribution in [0.5, 0.6) is 0 Å². The van der Waals surface area contributed by atoms with Gasteiger partial charge in [-0.2, -0.15) is 0 Å². The van der Waals surface area contributed by atoms with E-state index in [1.165, 1.54) is 24.8 Å². The fourth-order valence-electron chi connectivity index (χ4n) is 3.34. The number of aryl methyl sites for hydroxylation is 1. The van der Waals surface area contributed by atoms with Gasteiger partial charge in [-0.15, -0.1) is 4.68 Å². The highest BCUT2D eigenvalue weighted by atomic mass is 16.6. The molecule has 0 bridgehead atoms. The molecule has 7 heteroatoms. The van der Waals surface area contributed by atoms with Gasteiger partial charge in [-0.1, -0.05) is 44.0 Å². The van der Waals surface area contributed by atoms with Crippen molar-refractivity contribution in [3.63, 3.8) is 0 Å². The summed E-state index contributed by atoms with van der Waals surface area (Å²) in [7, 11) is 0. The Kier molecular flexibility index (Phi) is 7.98. The number of nitrogens with one attached hydrogen (secondary N) is 2. The SMILES string of the molecule is CCCCCc1ccc([N+]2=CC(CNc3ccccc3NC(=O)OC(C)(C)C)N=N2)cc1. The van der Waals surface area contributed by atoms with E-state index in [1.807, 2.05) is 55.9 Å². The summed E-state index contributed by atoms with van der Waals surface area (Å²) in [6.07, 6.45) is 6.34. The Bertz CT molecular complexity index is 961. The van der Waals surface area contributed by atoms with Gasteiger partial charge in [-0.05, 0) is 63.4 Å². The second kappa shape index (κ2) is 10.9. The number of hydrogen-bond donors (Lipinski definition) is 2. The van der Waals surface area contributed by atoms with E-state index in [-0.39, 0.29) is 6.04 Å². The highest BCUT2D eigenvalue weighted by molar-refractivity contribution is 5.89. The minimum absolute atomic E-state index is 0.103. The molecule has 7 nitrogen and oxygen atoms in total. The van der Waals surface area contributed by atoms with E-state index in [2.05, 4.69) is 52.2 Å². The van der Waals surface area contributed by atoms with Crippen LogP contribution in [0, 0.1) is 0 Å². The molecular weight excluding hydrogens is 402 g/mol. The van der Waals surface area contributed by atoms with Gasteiger partial charge in [0.05, 0.1) is 17.9 Å². The zero-order valence-corrected chi connectivity index (χ0v) is 19.5. The molecule has 0 saturated heterocycles. The number of anilines is 2. The Morgan fingerprint density at radius 2 is 1.78 bits per heavy atom. The molecule has 1 amide bonds. The molecule has 32 heavy (non-hydrogen) atoms. The third kappa shape index (κ3) is 7.18. The molecule has 1 unspecified atom stereocenters. The van der Waals surface area contributed by atoms with Gasteiger partial charge in [0.1, 0.15) is 10.8 Å². The topological polar surface area (TPSA) is 78.1 Å². The van der Waals surface area contributed by atoms with Gasteiger partial charge < -0.3 is 10.1 Å². The number of carbonyl (C=O) groups is 1. The second-order valence-corrected chi connectivity index (χ2v) is 8.94. The van der Waals surface area contributed by atoms with Crippen molar-refractivity contribution in [2.75, 3.05) is 17.2 Å². The molecule has 2 N–H and O–H groups in total. The molecule has 0 aromatic heterocycles. The Morgan fingerprint density at radius 3 is 2.47 bits per heavy atom. The number of para-hydroxylation sites is 2. The van der Waals surface area contributed by atoms with Crippen molar-refractivity contribution in [1.82, 2.24) is 0 Å². The number of benzene rings is 2. The van der Waals surface area contributed by atoms with Crippen LogP contribution in [0.15, 0.2) is 58.9 Å². The van der Waals surface area contributed by atoms with Crippen molar-refractivity contribution >= 4 is 29.4 Å². The quantitative estimate of drug-likeness (QED) is 0.355. The van der Waals surface area contributed by atoms with E-state index in [0.717, 1.165) is 17.8 Å². The van der Waals surface area contributed by atoms with Crippen molar-refractivity contribution in [1.29, 1.82) is 0 Å². The molecule has 0 spiro atoms. The molecule has 0 saturated carbocycles. The Morgan fingerprint density at radius 1 is 1.06 bits per heavy atom. The fourth-order valence-corrected chi connectivity index (χ4v) is 3.34. The van der Waals surface area contributed by atoms with Gasteiger partial charge in [-0.3, -0.25) is 5.32 Å². The van der Waals surface area contributed by atoms with Gasteiger partial charge in [0, 0.05) is 5.11 Å². The van der Waals surface area contributed by atoms with Crippen molar-refractivity contribution in [3.05, 3.63) is 54.1 Å². The summed E-state index contributed by atoms with van der Waals surface area (Å²) in [6, 6.07) is 15.9. The van der Waals surface area contributed by atoms with Crippen LogP contribution in [0.2, 0.25) is 0 Å². The number of rotatable bonds is 9. The Hall–Kier alpha value is -3.22. The van der Waals surface area contributed by atoms with Crippen LogP contribution in [0.3, 0.4) is 0 Å². The summed E-state index contributed by atoms with van der Waals surface area (Å²) in [5.74, 6) is 0. The molecule has 3 rings (SSSR count). The average Bonchev–Trinajstić information content (AvgIpc) is 3.21. The largest absolute Gasteiger partial charge is 0.444 e. The standard InChI is InChI=1S/C25H33N5O2/c1-5-6-7-10-19-13-15-21(16-14-19)30-18-20(28-29-30)17-26-22-11-8-9-12-23(22)27-24(31)32-25(2,3)4/h8-9,11-16,18,20H,5-7,10,17H2,1-4H3,(H-,26,27,28,29,31)/p+1. The highest BCUT2D eigenvalue weighted by Gasteiger charge is 2.23. The monoisotopic (exact) mass is 436 g/mol. The lowest BCUT2D eigenvalue weighted by Crippen LogP contribution is -2.27. The first kappa shape index (κ1) is 23.4. The predicted octanol–water partition coefficient (Wildman–Crippen LogP) is 6.34. The molecule has 2 aromatic carbocycles. The summed E-state index contributed by atoms with van der Waals surface area (Å²) in [6.45, 7) is 8.29. The van der Waals surface area contributed by atoms with Crippen LogP contribution < -0.4 is 10.6 Å². The maximum atomic E-state index is 12.1. The van der Waals surface area contributed by atoms with E-state index >= 15 is 0 Å². The minimum Gasteiger partial charge on any atom is -0.444 e. The smallest absolute Gasteiger partial charge is 0.412 e. The lowest BCUT2D eigenvalue weighted by Gasteiger charge is -2.20. The first-order chi connectivity index (χ1) is 15.3. The van der Waals surface area contributed by atoms with Crippen LogP contribution >= 0.6 is 0 Å². The highest BCUT2D eigenvalue weighted by Crippen LogP contribution is 2.23. The minimum atomic E-state index is -0.553. The Labute approximate surface area is 190 Å². The number of carbonyl (C=O) groups excluding carboxylic acids is 1. The van der Waals surface area contributed by atoms with Gasteiger partial charge in [0.15, 0.2) is 11.9 Å². The van der Waals surface area contributed by atoms with E-state index in [4.69, 9.17) is 4.74 Å². The third-order valence-electron chi connectivity index (χ3n) is 4.94. The maximum absolute atomic E-state index is 12.1. The molecule has 2 aromatic rings. The van der Waals surface area contributed by atoms with Crippen molar-refractivity contribution in [3.8, 4) is 0 Å². The van der Waals surface area contributed by atoms with Crippen LogP contribution in [0.1, 0.15) is 52.5 Å². The summed E-state index contributed by atoms with van der Waals surface area (Å²) in [5, 5.41) is 14.8. The fraction of sp³-hybridized carbons (Fsp3) is 0.440. The normalized spacial score (nSPS) is 15.4. The summed E-state index contributed by atoms with van der Waals surface area (Å²) >= 11 is 0. The van der Waals surface area contributed by atoms with Crippen LogP contribution in [0.4, 0.5) is 21.9 Å². The van der Waals surface area contributed by atoms with E-state index < -0.39 is 11.7 Å². The van der Waals surface area contributed by atoms with E-state index in [0.29, 0.717) is 12.2 Å². The van der Waals surface area contributed by atoms with Gasteiger partial charge >= 0.3 is 6.09 Å². The molecule has 170 valence electrons. The lowest BCUT2D eigenvalue weighted by atomic mass is 10.1. The zero-order valence-electron chi connectivity index (χ0n) is 19.5. The zero-order chi connectivity index (χ0) is 23.0. The molecule has 1 aliphatic heterocycles. The van der Waals surface area contributed by atoms with Crippen molar-refractivity contribution < 1.29 is 14.2 Å². The predicted molar refractivity (Wildman–Crippen MR) is 129 cm³/mol. The molecule has 1 aliphatic rings. The number of nitrogens with zero attached hydrogens (tertiary/aromatic N) is 3. The van der Waals surface area contributed by atoms with Crippen LogP contribution in [-0.4, -0.2) is 35.2 Å². The number of amides is 1. The molecule has 0 radical (unpaired) electrons. The first-order valence-electron chi connectivity index (χ1n) is 11.3. The van der Waals surface area contributed by atoms with Crippen molar-refractivity contribution in [2.45, 2.75) is 65.0 Å². The van der Waals surface area contributed by atoms with Gasteiger partial charge in [-0.25, -0.2) is 4.79 Å². The first-order valence-corrected chi connectivity index (χ1v) is 11.3. The second-order valence-electron chi connectivity index (χ2n) is 8.94. The molecule has 1 heterocycles. The number of hydrogen-bond acceptors (Lipinski definition) is 5. The van der Waals surface area contributed by atoms with Gasteiger partial charge in [0.2, 0.25) is 6.04 Å². The summed E-state index contributed by atoms with van der Waals surface area (Å²) < 4.78 is 7.16. The van der Waals surface area contributed by atoms with E-state index in [1.54, 1.807) is 0 Å². The summed E-state index contributed by atoms with van der Waals surface area (Å²) in [4.78, 5) is 12.1. The molecule has 0 fully saturated rings. The van der Waals surface area contributed by atoms with E-state index in [9.17, 15) is 4.79 Å². The average molecular weight is 437 g/mol. The Balaban J connectivity index is 1.56. The van der Waals surface area contributed by atoms with Crippen LogP contribution in [0.25, 0.3) is 0 Å². The number of unbranched alkanes of at least 4 members (excludes halogenated alkanes) is 2. The summed E-state index contributed by atoms with van der Waals surface area (Å²) in [5.41, 5.74) is 3.26. The lowest BCUT2D eigenvalue weighted by molar-refractivity contribution is -0.444. The molecule has 0 aliphatic carbocycles. The van der Waals surface area contributed by atoms with Crippen molar-refractivity contribution in [2.24, 2.45) is 10.3 Å².